The molecule has 0 unspecified atom stereocenters. The predicted molar refractivity (Wildman–Crippen MR) is 105 cm³/mol. The fraction of sp³-hybridized carbons (Fsp3) is 0.708. The van der Waals surface area contributed by atoms with E-state index in [0.717, 1.165) is 5.92 Å². The van der Waals surface area contributed by atoms with Gasteiger partial charge in [0, 0.05) is 11.3 Å². The molecule has 26 heavy (non-hydrogen) atoms. The van der Waals surface area contributed by atoms with Crippen LogP contribution in [0.15, 0.2) is 30.3 Å². The van der Waals surface area contributed by atoms with Gasteiger partial charge in [0.2, 0.25) is 0 Å². The minimum atomic E-state index is -0.131. The number of esters is 1. The molecule has 3 aliphatic carbocycles. The summed E-state index contributed by atoms with van der Waals surface area (Å²) in [5, 5.41) is 0. The molecule has 2 bridgehead atoms. The Morgan fingerprint density at radius 3 is 2.42 bits per heavy atom. The summed E-state index contributed by atoms with van der Waals surface area (Å²) in [6.07, 6.45) is 10.8. The first-order valence-corrected chi connectivity index (χ1v) is 10.7. The molecule has 4 rings (SSSR count). The molecule has 0 aromatic heterocycles. The van der Waals surface area contributed by atoms with Crippen molar-refractivity contribution in [1.82, 2.24) is 0 Å². The van der Waals surface area contributed by atoms with Crippen LogP contribution in [0.3, 0.4) is 0 Å². The van der Waals surface area contributed by atoms with Gasteiger partial charge in [-0.1, -0.05) is 71.1 Å². The molecule has 3 aliphatic rings. The highest BCUT2D eigenvalue weighted by Crippen LogP contribution is 2.69. The van der Waals surface area contributed by atoms with Crippen molar-refractivity contribution in [2.75, 3.05) is 0 Å². The number of fused-ring (bicyclic) bond motifs is 2. The van der Waals surface area contributed by atoms with Gasteiger partial charge in [-0.05, 0) is 48.6 Å². The lowest BCUT2D eigenvalue weighted by Crippen LogP contribution is -2.41. The summed E-state index contributed by atoms with van der Waals surface area (Å²) < 4.78 is 6.29. The summed E-state index contributed by atoms with van der Waals surface area (Å²) in [7, 11) is 0. The lowest BCUT2D eigenvalue weighted by molar-refractivity contribution is -0.0454. The third kappa shape index (κ3) is 2.80. The van der Waals surface area contributed by atoms with Crippen molar-refractivity contribution in [1.29, 1.82) is 0 Å². The van der Waals surface area contributed by atoms with Crippen LogP contribution >= 0.6 is 0 Å². The zero-order valence-corrected chi connectivity index (χ0v) is 16.7. The Morgan fingerprint density at radius 1 is 1.04 bits per heavy atom. The number of rotatable bonds is 4. The van der Waals surface area contributed by atoms with Gasteiger partial charge in [0.05, 0.1) is 5.56 Å². The monoisotopic (exact) mass is 354 g/mol. The van der Waals surface area contributed by atoms with Crippen LogP contribution in [0.5, 0.6) is 0 Å². The van der Waals surface area contributed by atoms with Gasteiger partial charge >= 0.3 is 5.97 Å². The van der Waals surface area contributed by atoms with Crippen LogP contribution in [0, 0.1) is 28.6 Å². The van der Waals surface area contributed by atoms with Crippen LogP contribution in [-0.4, -0.2) is 12.1 Å². The van der Waals surface area contributed by atoms with Gasteiger partial charge < -0.3 is 4.74 Å². The van der Waals surface area contributed by atoms with Gasteiger partial charge in [-0.25, -0.2) is 4.79 Å². The van der Waals surface area contributed by atoms with Gasteiger partial charge in [-0.3, -0.25) is 0 Å². The molecule has 0 saturated heterocycles. The topological polar surface area (TPSA) is 26.3 Å². The minimum absolute atomic E-state index is 0.0749. The Bertz CT molecular complexity index is 643. The average Bonchev–Trinajstić information content (AvgIpc) is 2.96. The van der Waals surface area contributed by atoms with Crippen molar-refractivity contribution >= 4 is 5.97 Å². The summed E-state index contributed by atoms with van der Waals surface area (Å²) in [5.74, 6) is 1.95. The Labute approximate surface area is 158 Å². The van der Waals surface area contributed by atoms with Crippen LogP contribution in [0.1, 0.15) is 82.5 Å². The largest absolute Gasteiger partial charge is 0.458 e. The first kappa shape index (κ1) is 18.1. The highest BCUT2D eigenvalue weighted by Gasteiger charge is 2.67. The maximum atomic E-state index is 12.8. The summed E-state index contributed by atoms with van der Waals surface area (Å²) in [4.78, 5) is 12.8. The first-order chi connectivity index (χ1) is 12.4. The summed E-state index contributed by atoms with van der Waals surface area (Å²) in [5.41, 5.74) is 1.06. The summed E-state index contributed by atoms with van der Waals surface area (Å²) >= 11 is 0. The molecular weight excluding hydrogens is 320 g/mol. The van der Waals surface area contributed by atoms with Crippen molar-refractivity contribution in [2.24, 2.45) is 28.6 Å². The molecule has 4 atom stereocenters. The van der Waals surface area contributed by atoms with E-state index in [9.17, 15) is 4.79 Å². The molecule has 0 spiro atoms. The average molecular weight is 355 g/mol. The standard InChI is InChI=1S/C24H34O2/c1-23(2)20-14-15-24(23,3)21(19(20)16-17-10-6-4-7-11-17)26-22(25)18-12-8-5-9-13-18/h5,8-9,12-13,17,19-21H,4,6-7,10-11,14-16H2,1-3H3/t19-,20-,21+,24+/m0/s1. The molecule has 142 valence electrons. The zero-order valence-electron chi connectivity index (χ0n) is 16.7. The van der Waals surface area contributed by atoms with Crippen molar-refractivity contribution in [3.05, 3.63) is 35.9 Å². The second kappa shape index (κ2) is 6.69. The third-order valence-corrected chi connectivity index (χ3v) is 8.48. The Hall–Kier alpha value is -1.31. The number of ether oxygens (including phenoxy) is 1. The molecule has 0 radical (unpaired) electrons. The van der Waals surface area contributed by atoms with E-state index in [1.807, 2.05) is 30.3 Å². The molecule has 1 aromatic carbocycles. The summed E-state index contributed by atoms with van der Waals surface area (Å²) in [6.45, 7) is 7.24. The third-order valence-electron chi connectivity index (χ3n) is 8.48. The molecule has 0 N–H and O–H groups in total. The highest BCUT2D eigenvalue weighted by molar-refractivity contribution is 5.89. The molecule has 1 aromatic rings. The van der Waals surface area contributed by atoms with Crippen LogP contribution in [-0.2, 0) is 4.74 Å². The zero-order chi connectivity index (χ0) is 18.4. The van der Waals surface area contributed by atoms with Gasteiger partial charge in [0.15, 0.2) is 0 Å². The van der Waals surface area contributed by atoms with Crippen LogP contribution in [0.4, 0.5) is 0 Å². The molecule has 3 saturated carbocycles. The van der Waals surface area contributed by atoms with Crippen LogP contribution < -0.4 is 0 Å². The molecule has 3 fully saturated rings. The Kier molecular flexibility index (Phi) is 4.65. The van der Waals surface area contributed by atoms with E-state index in [2.05, 4.69) is 20.8 Å². The van der Waals surface area contributed by atoms with Crippen LogP contribution in [0.2, 0.25) is 0 Å². The smallest absolute Gasteiger partial charge is 0.338 e. The molecule has 2 heteroatoms. The van der Waals surface area contributed by atoms with E-state index < -0.39 is 0 Å². The molecular formula is C24H34O2. The van der Waals surface area contributed by atoms with Crippen molar-refractivity contribution in [3.63, 3.8) is 0 Å². The van der Waals surface area contributed by atoms with E-state index in [0.29, 0.717) is 17.4 Å². The van der Waals surface area contributed by atoms with E-state index in [1.165, 1.54) is 51.4 Å². The number of hydrogen-bond donors (Lipinski definition) is 0. The fourth-order valence-corrected chi connectivity index (χ4v) is 6.57. The normalized spacial score (nSPS) is 36.2. The van der Waals surface area contributed by atoms with Gasteiger partial charge in [0.25, 0.3) is 0 Å². The molecule has 0 amide bonds. The van der Waals surface area contributed by atoms with Gasteiger partial charge in [0.1, 0.15) is 6.10 Å². The quantitative estimate of drug-likeness (QED) is 0.597. The van der Waals surface area contributed by atoms with Crippen molar-refractivity contribution in [3.8, 4) is 0 Å². The van der Waals surface area contributed by atoms with Gasteiger partial charge in [-0.15, -0.1) is 0 Å². The van der Waals surface area contributed by atoms with E-state index >= 15 is 0 Å². The Morgan fingerprint density at radius 2 is 1.73 bits per heavy atom. The van der Waals surface area contributed by atoms with Crippen LogP contribution in [0.25, 0.3) is 0 Å². The van der Waals surface area contributed by atoms with E-state index in [4.69, 9.17) is 4.74 Å². The number of hydrogen-bond acceptors (Lipinski definition) is 2. The maximum Gasteiger partial charge on any atom is 0.338 e. The summed E-state index contributed by atoms with van der Waals surface area (Å²) in [6, 6.07) is 9.54. The van der Waals surface area contributed by atoms with Crippen molar-refractivity contribution in [2.45, 2.75) is 78.2 Å². The minimum Gasteiger partial charge on any atom is -0.458 e. The lowest BCUT2D eigenvalue weighted by atomic mass is 9.69. The van der Waals surface area contributed by atoms with E-state index in [1.54, 1.807) is 0 Å². The highest BCUT2D eigenvalue weighted by atomic mass is 16.5. The fourth-order valence-electron chi connectivity index (χ4n) is 6.57. The molecule has 0 aliphatic heterocycles. The second-order valence-electron chi connectivity index (χ2n) is 9.88. The second-order valence-corrected chi connectivity index (χ2v) is 9.88. The van der Waals surface area contributed by atoms with Gasteiger partial charge in [-0.2, -0.15) is 0 Å². The first-order valence-electron chi connectivity index (χ1n) is 10.7. The molecule has 2 nitrogen and oxygen atoms in total. The lowest BCUT2D eigenvalue weighted by Gasteiger charge is -2.40. The van der Waals surface area contributed by atoms with E-state index in [-0.39, 0.29) is 22.9 Å². The number of carbonyl (C=O) groups excluding carboxylic acids is 1. The van der Waals surface area contributed by atoms with Crippen molar-refractivity contribution < 1.29 is 9.53 Å². The SMILES string of the molecule is CC1(C)[C@H]2CC[C@]1(C)[C@H](OC(=O)c1ccccc1)[C@H]2CC1CCCCC1. The number of carbonyl (C=O) groups is 1. The maximum absolute atomic E-state index is 12.8. The Balaban J connectivity index is 1.57. The number of benzene rings is 1. The predicted octanol–water partition coefficient (Wildman–Crippen LogP) is 6.25. The molecule has 0 heterocycles.